The summed E-state index contributed by atoms with van der Waals surface area (Å²) in [5.41, 5.74) is 9.47. The largest absolute Gasteiger partial charge is 0.383 e. The number of thioether (sulfide) groups is 1. The molecular weight excluding hydrogens is 300 g/mol. The van der Waals surface area contributed by atoms with Crippen LogP contribution in [0.15, 0.2) is 39.6 Å². The second-order valence-corrected chi connectivity index (χ2v) is 6.60. The Morgan fingerprint density at radius 3 is 2.81 bits per heavy atom. The van der Waals surface area contributed by atoms with Crippen molar-refractivity contribution in [2.45, 2.75) is 31.1 Å². The number of thiazole rings is 1. The molecule has 21 heavy (non-hydrogen) atoms. The molecular formula is C15H20N4S2. The number of unbranched alkanes of at least 4 members (excludes halogenated alkanes) is 2. The number of hydrogen-bond donors (Lipinski definition) is 2. The normalized spacial score (nSPS) is 11.1. The van der Waals surface area contributed by atoms with E-state index in [1.165, 1.54) is 41.2 Å². The second kappa shape index (κ2) is 8.69. The third-order valence-corrected chi connectivity index (χ3v) is 4.66. The molecule has 0 spiro atoms. The van der Waals surface area contributed by atoms with Gasteiger partial charge in [-0.25, -0.2) is 4.98 Å². The maximum Gasteiger partial charge on any atom is 0.205 e. The van der Waals surface area contributed by atoms with Gasteiger partial charge in [0.2, 0.25) is 5.13 Å². The summed E-state index contributed by atoms with van der Waals surface area (Å²) in [5.74, 6) is 1.70. The molecule has 0 bridgehead atoms. The van der Waals surface area contributed by atoms with Crippen LogP contribution in [-0.4, -0.2) is 17.0 Å². The first-order valence-electron chi connectivity index (χ1n) is 7.01. The monoisotopic (exact) mass is 320 g/mol. The molecule has 0 aliphatic carbocycles. The Hall–Kier alpha value is -1.53. The molecule has 2 rings (SSSR count). The van der Waals surface area contributed by atoms with Crippen LogP contribution in [0.3, 0.4) is 0 Å². The molecule has 1 aromatic carbocycles. The first kappa shape index (κ1) is 15.9. The van der Waals surface area contributed by atoms with Gasteiger partial charge in [0.1, 0.15) is 5.82 Å². The van der Waals surface area contributed by atoms with Gasteiger partial charge < -0.3 is 5.73 Å². The van der Waals surface area contributed by atoms with Gasteiger partial charge in [0.05, 0.1) is 6.21 Å². The van der Waals surface area contributed by atoms with Gasteiger partial charge in [-0.3, -0.25) is 5.43 Å². The molecule has 0 radical (unpaired) electrons. The molecule has 0 fully saturated rings. The van der Waals surface area contributed by atoms with Crippen molar-refractivity contribution >= 4 is 40.3 Å². The van der Waals surface area contributed by atoms with Gasteiger partial charge in [0.15, 0.2) is 0 Å². The summed E-state index contributed by atoms with van der Waals surface area (Å²) in [7, 11) is 0. The number of anilines is 2. The highest BCUT2D eigenvalue weighted by molar-refractivity contribution is 7.99. The molecule has 0 aliphatic heterocycles. The van der Waals surface area contributed by atoms with Gasteiger partial charge in [0.25, 0.3) is 0 Å². The van der Waals surface area contributed by atoms with Gasteiger partial charge in [-0.1, -0.05) is 31.9 Å². The second-order valence-electron chi connectivity index (χ2n) is 4.57. The van der Waals surface area contributed by atoms with Crippen molar-refractivity contribution in [1.82, 2.24) is 4.98 Å². The zero-order chi connectivity index (χ0) is 14.9. The highest BCUT2D eigenvalue weighted by Crippen LogP contribution is 2.20. The molecule has 1 aromatic heterocycles. The molecule has 0 atom stereocenters. The number of nitrogen functional groups attached to an aromatic ring is 1. The lowest BCUT2D eigenvalue weighted by atomic mass is 10.2. The minimum atomic E-state index is 0.516. The summed E-state index contributed by atoms with van der Waals surface area (Å²) < 4.78 is 0. The van der Waals surface area contributed by atoms with Crippen LogP contribution in [-0.2, 0) is 0 Å². The third-order valence-electron chi connectivity index (χ3n) is 2.79. The number of hydrazone groups is 1. The first-order valence-corrected chi connectivity index (χ1v) is 8.87. The van der Waals surface area contributed by atoms with Crippen LogP contribution in [0.4, 0.5) is 10.9 Å². The van der Waals surface area contributed by atoms with Crippen molar-refractivity contribution in [1.29, 1.82) is 0 Å². The van der Waals surface area contributed by atoms with Gasteiger partial charge in [-0.15, -0.1) is 23.1 Å². The van der Waals surface area contributed by atoms with Crippen molar-refractivity contribution in [3.8, 4) is 0 Å². The Labute approximate surface area is 133 Å². The van der Waals surface area contributed by atoms with Crippen LogP contribution < -0.4 is 11.2 Å². The van der Waals surface area contributed by atoms with Crippen LogP contribution in [0.2, 0.25) is 0 Å². The quantitative estimate of drug-likeness (QED) is 0.326. The molecule has 0 aliphatic rings. The molecule has 0 unspecified atom stereocenters. The Morgan fingerprint density at radius 1 is 1.33 bits per heavy atom. The van der Waals surface area contributed by atoms with Gasteiger partial charge >= 0.3 is 0 Å². The van der Waals surface area contributed by atoms with E-state index in [0.29, 0.717) is 10.9 Å². The van der Waals surface area contributed by atoms with Crippen molar-refractivity contribution in [2.75, 3.05) is 16.9 Å². The minimum absolute atomic E-state index is 0.516. The van der Waals surface area contributed by atoms with Gasteiger partial charge in [-0.2, -0.15) is 5.10 Å². The summed E-state index contributed by atoms with van der Waals surface area (Å²) >= 11 is 3.35. The topological polar surface area (TPSA) is 63.3 Å². The maximum atomic E-state index is 5.54. The van der Waals surface area contributed by atoms with Gasteiger partial charge in [0, 0.05) is 10.3 Å². The highest BCUT2D eigenvalue weighted by Gasteiger charge is 1.96. The summed E-state index contributed by atoms with van der Waals surface area (Å²) in [6.07, 6.45) is 5.65. The van der Waals surface area contributed by atoms with Crippen LogP contribution in [0.1, 0.15) is 31.7 Å². The molecule has 3 N–H and O–H groups in total. The smallest absolute Gasteiger partial charge is 0.205 e. The van der Waals surface area contributed by atoms with Crippen molar-refractivity contribution in [2.24, 2.45) is 5.10 Å². The zero-order valence-corrected chi connectivity index (χ0v) is 13.7. The number of nitrogens with two attached hydrogens (primary N) is 1. The van der Waals surface area contributed by atoms with E-state index in [4.69, 9.17) is 5.73 Å². The summed E-state index contributed by atoms with van der Waals surface area (Å²) in [6.45, 7) is 2.23. The van der Waals surface area contributed by atoms with Crippen molar-refractivity contribution in [3.63, 3.8) is 0 Å². The average molecular weight is 320 g/mol. The van der Waals surface area contributed by atoms with Crippen LogP contribution in [0, 0.1) is 0 Å². The third kappa shape index (κ3) is 5.77. The van der Waals surface area contributed by atoms with E-state index in [9.17, 15) is 0 Å². The number of hydrogen-bond acceptors (Lipinski definition) is 6. The molecule has 112 valence electrons. The van der Waals surface area contributed by atoms with E-state index in [0.717, 1.165) is 5.56 Å². The molecule has 6 heteroatoms. The SMILES string of the molecule is CCCCCSc1ccc(C=NNc2nc(N)cs2)cc1. The molecule has 0 saturated heterocycles. The molecule has 0 amide bonds. The van der Waals surface area contributed by atoms with Gasteiger partial charge in [-0.05, 0) is 29.9 Å². The summed E-state index contributed by atoms with van der Waals surface area (Å²) in [5, 5.41) is 6.63. The van der Waals surface area contributed by atoms with E-state index in [1.807, 2.05) is 11.8 Å². The van der Waals surface area contributed by atoms with Crippen LogP contribution in [0.25, 0.3) is 0 Å². The Kier molecular flexibility index (Phi) is 6.56. The van der Waals surface area contributed by atoms with E-state index in [2.05, 4.69) is 46.7 Å². The Morgan fingerprint density at radius 2 is 2.14 bits per heavy atom. The Balaban J connectivity index is 1.78. The molecule has 1 heterocycles. The minimum Gasteiger partial charge on any atom is -0.383 e. The number of nitrogens with one attached hydrogen (secondary N) is 1. The summed E-state index contributed by atoms with van der Waals surface area (Å²) in [6, 6.07) is 8.42. The van der Waals surface area contributed by atoms with E-state index in [-0.39, 0.29) is 0 Å². The lowest BCUT2D eigenvalue weighted by molar-refractivity contribution is 0.778. The maximum absolute atomic E-state index is 5.54. The van der Waals surface area contributed by atoms with Crippen LogP contribution in [0.5, 0.6) is 0 Å². The molecule has 4 nitrogen and oxygen atoms in total. The zero-order valence-electron chi connectivity index (χ0n) is 12.1. The standard InChI is InChI=1S/C15H20N4S2/c1-2-3-4-9-20-13-7-5-12(6-8-13)10-17-19-15-18-14(16)11-21-15/h5-8,10-11H,2-4,9,16H2,1H3,(H,18,19). The fraction of sp³-hybridized carbons (Fsp3) is 0.333. The van der Waals surface area contributed by atoms with E-state index in [1.54, 1.807) is 11.6 Å². The summed E-state index contributed by atoms with van der Waals surface area (Å²) in [4.78, 5) is 5.38. The number of rotatable bonds is 8. The highest BCUT2D eigenvalue weighted by atomic mass is 32.2. The number of aromatic nitrogens is 1. The van der Waals surface area contributed by atoms with Crippen molar-refractivity contribution in [3.05, 3.63) is 35.2 Å². The number of nitrogens with zero attached hydrogens (tertiary/aromatic N) is 2. The fourth-order valence-corrected chi connectivity index (χ4v) is 3.15. The Bertz CT molecular complexity index is 563. The molecule has 2 aromatic rings. The predicted molar refractivity (Wildman–Crippen MR) is 94.4 cm³/mol. The van der Waals surface area contributed by atoms with Crippen molar-refractivity contribution < 1.29 is 0 Å². The van der Waals surface area contributed by atoms with Crippen LogP contribution >= 0.6 is 23.1 Å². The predicted octanol–water partition coefficient (Wildman–Crippen LogP) is 4.45. The van der Waals surface area contributed by atoms with E-state index < -0.39 is 0 Å². The van der Waals surface area contributed by atoms with E-state index >= 15 is 0 Å². The first-order chi connectivity index (χ1) is 10.3. The fourth-order valence-electron chi connectivity index (χ4n) is 1.69. The number of benzene rings is 1. The lowest BCUT2D eigenvalue weighted by Gasteiger charge is -2.01. The average Bonchev–Trinajstić information content (AvgIpc) is 2.91. The molecule has 0 saturated carbocycles. The lowest BCUT2D eigenvalue weighted by Crippen LogP contribution is -1.91.